The van der Waals surface area contributed by atoms with E-state index in [0.29, 0.717) is 12.8 Å². The molecule has 306 valence electrons. The van der Waals surface area contributed by atoms with Crippen LogP contribution < -0.4 is 5.11 Å². The van der Waals surface area contributed by atoms with Crippen LogP contribution in [-0.4, -0.2) is 75.5 Å². The van der Waals surface area contributed by atoms with Crippen molar-refractivity contribution in [3.05, 3.63) is 85.1 Å². The molecule has 0 N–H and O–H groups in total. The Morgan fingerprint density at radius 3 is 1.61 bits per heavy atom. The highest BCUT2D eigenvalue weighted by Gasteiger charge is 2.25. The van der Waals surface area contributed by atoms with Gasteiger partial charge in [0.25, 0.3) is 0 Å². The van der Waals surface area contributed by atoms with Gasteiger partial charge in [-0.25, -0.2) is 0 Å². The lowest BCUT2D eigenvalue weighted by Crippen LogP contribution is -2.55. The molecule has 0 saturated heterocycles. The summed E-state index contributed by atoms with van der Waals surface area (Å²) in [6.45, 7) is 4.40. The fourth-order valence-electron chi connectivity index (χ4n) is 5.31. The summed E-state index contributed by atoms with van der Waals surface area (Å²) in [4.78, 5) is 36.7. The van der Waals surface area contributed by atoms with E-state index in [9.17, 15) is 19.5 Å². The van der Waals surface area contributed by atoms with Gasteiger partial charge in [0.1, 0.15) is 12.6 Å². The standard InChI is InChI=1S/C46H75NO7/c1-6-8-10-12-14-16-18-19-20-21-22-23-24-25-27-29-31-33-35-37-45(49)54-42(40-52-39-38-43(46(50)51)47(3,4)5)41-53-44(48)36-34-32-30-28-26-17-15-13-11-9-7-2/h8,10,13-17,19-20,22-23,25-27,42-43H,6-7,9,11-12,18,21,24,28-41H2,1-5H3/b10-8+,15-13+,16-14+,20-19+,23-22+,26-17+,27-25+. The number of hydrogen-bond donors (Lipinski definition) is 0. The molecule has 0 radical (unpaired) electrons. The Hall–Kier alpha value is -3.49. The van der Waals surface area contributed by atoms with E-state index in [1.807, 2.05) is 0 Å². The van der Waals surface area contributed by atoms with Gasteiger partial charge < -0.3 is 28.6 Å². The first-order valence-electron chi connectivity index (χ1n) is 20.6. The van der Waals surface area contributed by atoms with Crippen LogP contribution in [0.2, 0.25) is 0 Å². The van der Waals surface area contributed by atoms with Crippen LogP contribution in [0.25, 0.3) is 0 Å². The van der Waals surface area contributed by atoms with Crippen molar-refractivity contribution in [1.82, 2.24) is 0 Å². The predicted octanol–water partition coefficient (Wildman–Crippen LogP) is 9.63. The number of likely N-dealkylation sites (N-methyl/N-ethyl adjacent to an activating group) is 1. The van der Waals surface area contributed by atoms with Crippen molar-refractivity contribution in [2.75, 3.05) is 41.0 Å². The Morgan fingerprint density at radius 2 is 1.09 bits per heavy atom. The number of carbonyl (C=O) groups excluding carboxylic acids is 3. The number of unbranched alkanes of at least 4 members (excludes halogenated alkanes) is 8. The highest BCUT2D eigenvalue weighted by Crippen LogP contribution is 2.11. The Bertz CT molecular complexity index is 1160. The van der Waals surface area contributed by atoms with Crippen LogP contribution in [0, 0.1) is 0 Å². The Kier molecular flexibility index (Phi) is 34.1. The second-order valence-electron chi connectivity index (χ2n) is 14.5. The van der Waals surface area contributed by atoms with Gasteiger partial charge in [0.15, 0.2) is 6.10 Å². The summed E-state index contributed by atoms with van der Waals surface area (Å²) >= 11 is 0. The van der Waals surface area contributed by atoms with E-state index < -0.39 is 18.1 Å². The summed E-state index contributed by atoms with van der Waals surface area (Å²) < 4.78 is 17.0. The number of carbonyl (C=O) groups is 3. The largest absolute Gasteiger partial charge is 0.544 e. The summed E-state index contributed by atoms with van der Waals surface area (Å²) in [6, 6.07) is -0.740. The van der Waals surface area contributed by atoms with Gasteiger partial charge in [-0.15, -0.1) is 0 Å². The van der Waals surface area contributed by atoms with Gasteiger partial charge >= 0.3 is 11.9 Å². The van der Waals surface area contributed by atoms with Crippen LogP contribution in [0.3, 0.4) is 0 Å². The molecule has 2 atom stereocenters. The number of rotatable bonds is 35. The summed E-state index contributed by atoms with van der Waals surface area (Å²) in [7, 11) is 5.37. The Balaban J connectivity index is 4.49. The smallest absolute Gasteiger partial charge is 0.306 e. The van der Waals surface area contributed by atoms with Crippen LogP contribution in [-0.2, 0) is 28.6 Å². The Morgan fingerprint density at radius 1 is 0.593 bits per heavy atom. The molecule has 0 saturated carbocycles. The van der Waals surface area contributed by atoms with Gasteiger partial charge in [0, 0.05) is 19.3 Å². The number of aliphatic carboxylic acids is 1. The number of allylic oxidation sites excluding steroid dienone is 14. The van der Waals surface area contributed by atoms with Crippen molar-refractivity contribution in [2.24, 2.45) is 0 Å². The monoisotopic (exact) mass is 754 g/mol. The normalized spacial score (nSPS) is 13.9. The van der Waals surface area contributed by atoms with Crippen molar-refractivity contribution >= 4 is 17.9 Å². The van der Waals surface area contributed by atoms with Gasteiger partial charge in [0.2, 0.25) is 0 Å². The fraction of sp³-hybridized carbons (Fsp3) is 0.630. The maximum absolute atomic E-state index is 12.7. The number of hydrogen-bond acceptors (Lipinski definition) is 7. The zero-order valence-corrected chi connectivity index (χ0v) is 34.6. The van der Waals surface area contributed by atoms with Gasteiger partial charge in [-0.2, -0.15) is 0 Å². The van der Waals surface area contributed by atoms with E-state index in [0.717, 1.165) is 83.5 Å². The van der Waals surface area contributed by atoms with E-state index in [-0.39, 0.29) is 49.1 Å². The highest BCUT2D eigenvalue weighted by atomic mass is 16.6. The van der Waals surface area contributed by atoms with Crippen molar-refractivity contribution < 1.29 is 38.2 Å². The van der Waals surface area contributed by atoms with Gasteiger partial charge in [-0.05, 0) is 77.0 Å². The second-order valence-corrected chi connectivity index (χ2v) is 14.5. The third-order valence-corrected chi connectivity index (χ3v) is 8.54. The minimum absolute atomic E-state index is 0.0131. The van der Waals surface area contributed by atoms with E-state index in [2.05, 4.69) is 98.9 Å². The molecule has 0 amide bonds. The molecule has 0 aromatic rings. The molecule has 54 heavy (non-hydrogen) atoms. The van der Waals surface area contributed by atoms with E-state index >= 15 is 0 Å². The molecule has 0 fully saturated rings. The molecule has 0 spiro atoms. The maximum atomic E-state index is 12.7. The zero-order chi connectivity index (χ0) is 40.0. The third kappa shape index (κ3) is 34.3. The van der Waals surface area contributed by atoms with Crippen molar-refractivity contribution in [3.8, 4) is 0 Å². The highest BCUT2D eigenvalue weighted by molar-refractivity contribution is 5.70. The first-order chi connectivity index (χ1) is 26.1. The number of ether oxygens (including phenoxy) is 3. The first kappa shape index (κ1) is 50.5. The summed E-state index contributed by atoms with van der Waals surface area (Å²) in [5.74, 6) is -1.83. The quantitative estimate of drug-likeness (QED) is 0.0209. The molecule has 8 nitrogen and oxygen atoms in total. The van der Waals surface area contributed by atoms with Gasteiger partial charge in [-0.1, -0.05) is 125 Å². The molecule has 0 aliphatic heterocycles. The minimum Gasteiger partial charge on any atom is -0.544 e. The first-order valence-corrected chi connectivity index (χ1v) is 20.6. The molecule has 0 aromatic heterocycles. The van der Waals surface area contributed by atoms with E-state index in [4.69, 9.17) is 14.2 Å². The summed E-state index contributed by atoms with van der Waals surface area (Å²) in [5, 5.41) is 11.6. The molecule has 0 aromatic carbocycles. The average Bonchev–Trinajstić information content (AvgIpc) is 3.12. The second kappa shape index (κ2) is 36.5. The number of carboxylic acids is 1. The minimum atomic E-state index is -1.14. The molecule has 8 heteroatoms. The molecule has 2 unspecified atom stereocenters. The lowest BCUT2D eigenvalue weighted by molar-refractivity contribution is -0.889. The van der Waals surface area contributed by atoms with Crippen LogP contribution >= 0.6 is 0 Å². The van der Waals surface area contributed by atoms with Crippen LogP contribution in [0.4, 0.5) is 0 Å². The number of carboxylic acid groups (broad SMARTS) is 1. The third-order valence-electron chi connectivity index (χ3n) is 8.54. The average molecular weight is 754 g/mol. The van der Waals surface area contributed by atoms with Gasteiger partial charge in [0.05, 0.1) is 40.3 Å². The Labute approximate surface area is 329 Å². The van der Waals surface area contributed by atoms with Crippen molar-refractivity contribution in [3.63, 3.8) is 0 Å². The van der Waals surface area contributed by atoms with E-state index in [1.54, 1.807) is 21.1 Å². The van der Waals surface area contributed by atoms with Crippen LogP contribution in [0.15, 0.2) is 85.1 Å². The molecule has 0 rings (SSSR count). The zero-order valence-electron chi connectivity index (χ0n) is 34.6. The number of quaternary nitrogens is 1. The van der Waals surface area contributed by atoms with Crippen LogP contribution in [0.1, 0.15) is 136 Å². The number of nitrogens with zero attached hydrogens (tertiary/aromatic N) is 1. The summed E-state index contributed by atoms with van der Waals surface area (Å²) in [5.41, 5.74) is 0. The lowest BCUT2D eigenvalue weighted by Gasteiger charge is -2.34. The van der Waals surface area contributed by atoms with Crippen molar-refractivity contribution in [1.29, 1.82) is 0 Å². The SMILES string of the molecule is CC/C=C/C/C=C/C/C=C/C/C=C/C/C=C/CCCCCC(=O)OC(COCCC(C(=O)[O-])[N+](C)(C)C)COC(=O)CCCCC/C=C/C=C/CCCC. The predicted molar refractivity (Wildman–Crippen MR) is 222 cm³/mol. The topological polar surface area (TPSA) is 102 Å². The van der Waals surface area contributed by atoms with Crippen molar-refractivity contribution in [2.45, 2.75) is 148 Å². The lowest BCUT2D eigenvalue weighted by atomic mass is 10.1. The maximum Gasteiger partial charge on any atom is 0.306 e. The summed E-state index contributed by atoms with van der Waals surface area (Å²) in [6.07, 6.45) is 46.1. The molecule has 0 aliphatic rings. The number of esters is 2. The molecular weight excluding hydrogens is 679 g/mol. The van der Waals surface area contributed by atoms with E-state index in [1.165, 1.54) is 12.8 Å². The molecular formula is C46H75NO7. The van der Waals surface area contributed by atoms with Crippen LogP contribution in [0.5, 0.6) is 0 Å². The molecule has 0 heterocycles. The molecule has 0 aliphatic carbocycles. The fourth-order valence-corrected chi connectivity index (χ4v) is 5.31. The molecule has 0 bridgehead atoms. The van der Waals surface area contributed by atoms with Gasteiger partial charge in [-0.3, -0.25) is 9.59 Å².